The van der Waals surface area contributed by atoms with Gasteiger partial charge in [-0.15, -0.1) is 4.48 Å². The number of nitrogens with one attached hydrogen (secondary N) is 1. The van der Waals surface area contributed by atoms with E-state index in [0.717, 1.165) is 6.42 Å². The highest BCUT2D eigenvalue weighted by atomic mass is 19.2. The summed E-state index contributed by atoms with van der Waals surface area (Å²) in [7, 11) is 2.01. The van der Waals surface area contributed by atoms with Crippen LogP contribution in [0, 0.1) is 0 Å². The van der Waals surface area contributed by atoms with E-state index in [-0.39, 0.29) is 0 Å². The Morgan fingerprint density at radius 3 is 2.93 bits per heavy atom. The topological polar surface area (TPSA) is 17.0 Å². The molecular formula is C11H13FN2. The Morgan fingerprint density at radius 2 is 2.14 bits per heavy atom. The van der Waals surface area contributed by atoms with Crippen LogP contribution in [0.5, 0.6) is 0 Å². The molecule has 0 saturated carbocycles. The minimum atomic E-state index is 0.369. The zero-order valence-corrected chi connectivity index (χ0v) is 8.13. The number of halogens is 1. The molecule has 1 aromatic heterocycles. The number of aryl methyl sites for hydroxylation is 1. The molecule has 1 heterocycles. The number of benzene rings is 1. The van der Waals surface area contributed by atoms with E-state index in [4.69, 9.17) is 0 Å². The molecule has 1 aromatic carbocycles. The molecular weight excluding hydrogens is 179 g/mol. The number of fused-ring (bicyclic) bond motifs is 1. The van der Waals surface area contributed by atoms with Gasteiger partial charge in [0.2, 0.25) is 0 Å². The molecule has 0 fully saturated rings. The Bertz CT molecular complexity index is 434. The molecule has 0 saturated heterocycles. The summed E-state index contributed by atoms with van der Waals surface area (Å²) in [5, 5.41) is 1.21. The predicted molar refractivity (Wildman–Crippen MR) is 55.7 cm³/mol. The molecule has 3 heteroatoms. The standard InChI is InChI=1S/C11H13FN2/c1-14-8-9(6-7-13-12)10-4-2-3-5-11(10)14/h2-5,8,13H,6-7H2,1H3. The molecule has 0 aliphatic heterocycles. The number of nitrogens with zero attached hydrogens (tertiary/aromatic N) is 1. The van der Waals surface area contributed by atoms with Crippen LogP contribution < -0.4 is 5.54 Å². The Balaban J connectivity index is 2.44. The van der Waals surface area contributed by atoms with Crippen LogP contribution >= 0.6 is 0 Å². The Labute approximate surface area is 82.3 Å². The van der Waals surface area contributed by atoms with E-state index in [1.165, 1.54) is 16.5 Å². The average Bonchev–Trinajstić information content (AvgIpc) is 2.54. The fourth-order valence-electron chi connectivity index (χ4n) is 1.81. The molecule has 2 aromatic rings. The van der Waals surface area contributed by atoms with E-state index >= 15 is 0 Å². The second kappa shape index (κ2) is 3.80. The van der Waals surface area contributed by atoms with Gasteiger partial charge in [-0.05, 0) is 18.1 Å². The molecule has 0 aliphatic rings. The SMILES string of the molecule is Cn1cc(CCNF)c2ccccc21. The van der Waals surface area contributed by atoms with Gasteiger partial charge in [0.25, 0.3) is 0 Å². The molecule has 14 heavy (non-hydrogen) atoms. The van der Waals surface area contributed by atoms with E-state index < -0.39 is 0 Å². The molecule has 0 bridgehead atoms. The quantitative estimate of drug-likeness (QED) is 0.738. The summed E-state index contributed by atoms with van der Waals surface area (Å²) in [4.78, 5) is 0. The molecule has 2 nitrogen and oxygen atoms in total. The predicted octanol–water partition coefficient (Wildman–Crippen LogP) is 2.19. The molecule has 0 radical (unpaired) electrons. The number of para-hydroxylation sites is 1. The van der Waals surface area contributed by atoms with Crippen molar-refractivity contribution in [1.82, 2.24) is 10.1 Å². The summed E-state index contributed by atoms with van der Waals surface area (Å²) in [6.45, 7) is 0.369. The number of hydrogen-bond acceptors (Lipinski definition) is 1. The third-order valence-corrected chi connectivity index (χ3v) is 2.47. The lowest BCUT2D eigenvalue weighted by molar-refractivity contribution is 0.337. The molecule has 2 rings (SSSR count). The van der Waals surface area contributed by atoms with Crippen molar-refractivity contribution < 1.29 is 4.48 Å². The van der Waals surface area contributed by atoms with Crippen molar-refractivity contribution >= 4 is 10.9 Å². The Hall–Kier alpha value is -1.35. The summed E-state index contributed by atoms with van der Waals surface area (Å²) in [5.41, 5.74) is 4.06. The molecule has 0 amide bonds. The summed E-state index contributed by atoms with van der Waals surface area (Å²) in [6.07, 6.45) is 2.78. The monoisotopic (exact) mass is 192 g/mol. The highest BCUT2D eigenvalue weighted by molar-refractivity contribution is 5.83. The van der Waals surface area contributed by atoms with Crippen molar-refractivity contribution in [3.05, 3.63) is 36.0 Å². The van der Waals surface area contributed by atoms with Crippen molar-refractivity contribution in [2.75, 3.05) is 6.54 Å². The maximum absolute atomic E-state index is 11.8. The summed E-state index contributed by atoms with van der Waals surface area (Å²) in [6, 6.07) is 8.17. The third kappa shape index (κ3) is 1.51. The van der Waals surface area contributed by atoms with E-state index in [1.54, 1.807) is 5.54 Å². The van der Waals surface area contributed by atoms with Crippen LogP contribution in [0.2, 0.25) is 0 Å². The second-order valence-corrected chi connectivity index (χ2v) is 3.42. The van der Waals surface area contributed by atoms with Gasteiger partial charge < -0.3 is 4.57 Å². The van der Waals surface area contributed by atoms with Crippen LogP contribution in [0.4, 0.5) is 4.48 Å². The fourth-order valence-corrected chi connectivity index (χ4v) is 1.81. The molecule has 0 unspecified atom stereocenters. The first-order valence-electron chi connectivity index (χ1n) is 4.69. The zero-order valence-electron chi connectivity index (χ0n) is 8.13. The lowest BCUT2D eigenvalue weighted by Crippen LogP contribution is -2.05. The maximum atomic E-state index is 11.8. The summed E-state index contributed by atoms with van der Waals surface area (Å²) >= 11 is 0. The van der Waals surface area contributed by atoms with Gasteiger partial charge in [0.05, 0.1) is 0 Å². The lowest BCUT2D eigenvalue weighted by atomic mass is 10.1. The maximum Gasteiger partial charge on any atom is 0.0480 e. The van der Waals surface area contributed by atoms with Gasteiger partial charge in [-0.2, -0.15) is 5.54 Å². The average molecular weight is 192 g/mol. The van der Waals surface area contributed by atoms with Gasteiger partial charge >= 0.3 is 0 Å². The van der Waals surface area contributed by atoms with Gasteiger partial charge in [-0.1, -0.05) is 18.2 Å². The Morgan fingerprint density at radius 1 is 1.36 bits per heavy atom. The van der Waals surface area contributed by atoms with Gasteiger partial charge in [0, 0.05) is 30.7 Å². The van der Waals surface area contributed by atoms with Gasteiger partial charge in [-0.25, -0.2) is 0 Å². The smallest absolute Gasteiger partial charge is 0.0480 e. The zero-order chi connectivity index (χ0) is 9.97. The lowest BCUT2D eigenvalue weighted by Gasteiger charge is -1.95. The molecule has 74 valence electrons. The fraction of sp³-hybridized carbons (Fsp3) is 0.273. The number of rotatable bonds is 3. The van der Waals surface area contributed by atoms with E-state index in [2.05, 4.69) is 22.9 Å². The number of aromatic nitrogens is 1. The van der Waals surface area contributed by atoms with E-state index in [9.17, 15) is 4.48 Å². The van der Waals surface area contributed by atoms with Crippen molar-refractivity contribution in [2.24, 2.45) is 7.05 Å². The normalized spacial score (nSPS) is 11.0. The first-order chi connectivity index (χ1) is 6.83. The van der Waals surface area contributed by atoms with Crippen molar-refractivity contribution in [3.8, 4) is 0 Å². The van der Waals surface area contributed by atoms with Crippen LogP contribution in [0.1, 0.15) is 5.56 Å². The number of hydrogen-bond donors (Lipinski definition) is 1. The summed E-state index contributed by atoms with van der Waals surface area (Å²) in [5.74, 6) is 0. The highest BCUT2D eigenvalue weighted by Gasteiger charge is 2.04. The van der Waals surface area contributed by atoms with Gasteiger partial charge in [-0.3, -0.25) is 0 Å². The van der Waals surface area contributed by atoms with Crippen molar-refractivity contribution in [3.63, 3.8) is 0 Å². The van der Waals surface area contributed by atoms with Gasteiger partial charge in [0.1, 0.15) is 0 Å². The van der Waals surface area contributed by atoms with Crippen molar-refractivity contribution in [1.29, 1.82) is 0 Å². The van der Waals surface area contributed by atoms with Crippen LogP contribution in [-0.2, 0) is 13.5 Å². The van der Waals surface area contributed by atoms with Crippen LogP contribution in [0.3, 0.4) is 0 Å². The molecule has 0 aliphatic carbocycles. The van der Waals surface area contributed by atoms with Crippen LogP contribution in [0.25, 0.3) is 10.9 Å². The van der Waals surface area contributed by atoms with E-state index in [0.29, 0.717) is 6.54 Å². The third-order valence-electron chi connectivity index (χ3n) is 2.47. The van der Waals surface area contributed by atoms with Crippen LogP contribution in [0.15, 0.2) is 30.5 Å². The van der Waals surface area contributed by atoms with Crippen molar-refractivity contribution in [2.45, 2.75) is 6.42 Å². The minimum absolute atomic E-state index is 0.369. The van der Waals surface area contributed by atoms with Crippen LogP contribution in [-0.4, -0.2) is 11.1 Å². The minimum Gasteiger partial charge on any atom is -0.350 e. The van der Waals surface area contributed by atoms with Gasteiger partial charge in [0.15, 0.2) is 0 Å². The second-order valence-electron chi connectivity index (χ2n) is 3.42. The first kappa shape index (κ1) is 9.21. The molecule has 0 spiro atoms. The summed E-state index contributed by atoms with van der Waals surface area (Å²) < 4.78 is 13.9. The Kier molecular flexibility index (Phi) is 2.50. The highest BCUT2D eigenvalue weighted by Crippen LogP contribution is 2.20. The largest absolute Gasteiger partial charge is 0.350 e. The first-order valence-corrected chi connectivity index (χ1v) is 4.69. The molecule has 1 N–H and O–H groups in total. The molecule has 0 atom stereocenters. The van der Waals surface area contributed by atoms with E-state index in [1.807, 2.05) is 19.2 Å².